The van der Waals surface area contributed by atoms with Crippen molar-refractivity contribution in [3.8, 4) is 5.75 Å². The third-order valence-corrected chi connectivity index (χ3v) is 6.34. The number of hydrogen-bond acceptors (Lipinski definition) is 3. The molecule has 4 bridgehead atoms. The van der Waals surface area contributed by atoms with Crippen LogP contribution in [0.3, 0.4) is 0 Å². The number of rotatable bonds is 5. The number of hydrazine groups is 1. The summed E-state index contributed by atoms with van der Waals surface area (Å²) in [6.45, 7) is -2.96. The lowest BCUT2D eigenvalue weighted by Gasteiger charge is -2.56. The van der Waals surface area contributed by atoms with Gasteiger partial charge in [-0.25, -0.2) is 0 Å². The monoisotopic (exact) mass is 378 g/mol. The van der Waals surface area contributed by atoms with Crippen molar-refractivity contribution in [2.45, 2.75) is 51.6 Å². The molecular weight excluding hydrogens is 354 g/mol. The van der Waals surface area contributed by atoms with E-state index in [0.717, 1.165) is 37.0 Å². The van der Waals surface area contributed by atoms with Gasteiger partial charge in [0.1, 0.15) is 5.75 Å². The van der Waals surface area contributed by atoms with Crippen molar-refractivity contribution < 1.29 is 23.1 Å². The van der Waals surface area contributed by atoms with Crippen LogP contribution < -0.4 is 15.6 Å². The molecule has 0 aromatic heterocycles. The fourth-order valence-electron chi connectivity index (χ4n) is 5.90. The summed E-state index contributed by atoms with van der Waals surface area (Å²) in [7, 11) is 0. The molecule has 5 nitrogen and oxygen atoms in total. The van der Waals surface area contributed by atoms with E-state index in [0.29, 0.717) is 6.42 Å². The zero-order valence-electron chi connectivity index (χ0n) is 15.0. The highest BCUT2D eigenvalue weighted by Gasteiger charge is 2.51. The minimum absolute atomic E-state index is 0.0918. The number of hydrogen-bond donors (Lipinski definition) is 2. The van der Waals surface area contributed by atoms with Crippen LogP contribution in [0.4, 0.5) is 8.78 Å². The first-order valence-electron chi connectivity index (χ1n) is 9.55. The molecule has 0 aliphatic heterocycles. The van der Waals surface area contributed by atoms with Gasteiger partial charge in [0.15, 0.2) is 0 Å². The van der Waals surface area contributed by atoms with Crippen LogP contribution in [0.5, 0.6) is 5.75 Å². The predicted molar refractivity (Wildman–Crippen MR) is 93.9 cm³/mol. The first-order valence-corrected chi connectivity index (χ1v) is 9.55. The molecule has 0 atom stereocenters. The van der Waals surface area contributed by atoms with Crippen LogP contribution in [0.2, 0.25) is 0 Å². The molecule has 0 unspecified atom stereocenters. The summed E-state index contributed by atoms with van der Waals surface area (Å²) in [5, 5.41) is 0. The van der Waals surface area contributed by atoms with Crippen molar-refractivity contribution in [3.63, 3.8) is 0 Å². The van der Waals surface area contributed by atoms with Crippen LogP contribution in [-0.4, -0.2) is 18.4 Å². The zero-order chi connectivity index (χ0) is 19.0. The minimum Gasteiger partial charge on any atom is -0.435 e. The lowest BCUT2D eigenvalue weighted by molar-refractivity contribution is -0.130. The van der Waals surface area contributed by atoms with Crippen LogP contribution in [0.1, 0.15) is 55.3 Å². The van der Waals surface area contributed by atoms with Gasteiger partial charge in [0.25, 0.3) is 5.91 Å². The minimum atomic E-state index is -2.96. The highest BCUT2D eigenvalue weighted by molar-refractivity contribution is 5.95. The molecule has 7 heteroatoms. The fraction of sp³-hybridized carbons (Fsp3) is 0.600. The Morgan fingerprint density at radius 2 is 1.70 bits per heavy atom. The Labute approximate surface area is 156 Å². The molecule has 0 radical (unpaired) electrons. The highest BCUT2D eigenvalue weighted by Crippen LogP contribution is 2.61. The SMILES string of the molecule is O=C(CC12CC3CC(CC(C3)C1)C2)NNC(=O)c1cccc(OC(F)F)c1. The standard InChI is InChI=1S/C20H24F2N2O3/c21-19(22)27-16-3-1-2-15(7-16)18(26)24-23-17(25)11-20-8-12-4-13(9-20)6-14(5-12)10-20/h1-3,7,12-14,19H,4-6,8-11H2,(H,23,25)(H,24,26). The lowest BCUT2D eigenvalue weighted by Crippen LogP contribution is -2.50. The molecule has 146 valence electrons. The topological polar surface area (TPSA) is 67.4 Å². The molecule has 5 rings (SSSR count). The number of halogens is 2. The van der Waals surface area contributed by atoms with Gasteiger partial charge in [0.05, 0.1) is 0 Å². The maximum absolute atomic E-state index is 12.4. The van der Waals surface area contributed by atoms with Crippen molar-refractivity contribution in [2.24, 2.45) is 23.2 Å². The summed E-state index contributed by atoms with van der Waals surface area (Å²) in [6.07, 6.45) is 7.73. The van der Waals surface area contributed by atoms with Gasteiger partial charge in [-0.05, 0) is 79.9 Å². The maximum Gasteiger partial charge on any atom is 0.387 e. The molecule has 1 aromatic carbocycles. The normalized spacial score (nSPS) is 31.0. The number of amides is 2. The van der Waals surface area contributed by atoms with E-state index in [1.54, 1.807) is 0 Å². The smallest absolute Gasteiger partial charge is 0.387 e. The third-order valence-electron chi connectivity index (χ3n) is 6.34. The van der Waals surface area contributed by atoms with Gasteiger partial charge in [-0.2, -0.15) is 8.78 Å². The van der Waals surface area contributed by atoms with E-state index in [1.807, 2.05) is 0 Å². The van der Waals surface area contributed by atoms with Gasteiger partial charge < -0.3 is 4.74 Å². The van der Waals surface area contributed by atoms with Crippen molar-refractivity contribution in [2.75, 3.05) is 0 Å². The van der Waals surface area contributed by atoms with Gasteiger partial charge in [0.2, 0.25) is 5.91 Å². The first-order chi connectivity index (χ1) is 12.9. The van der Waals surface area contributed by atoms with Gasteiger partial charge in [-0.1, -0.05) is 6.07 Å². The van der Waals surface area contributed by atoms with E-state index in [9.17, 15) is 18.4 Å². The van der Waals surface area contributed by atoms with Crippen molar-refractivity contribution in [1.29, 1.82) is 0 Å². The molecular formula is C20H24F2N2O3. The summed E-state index contributed by atoms with van der Waals surface area (Å²) in [5.41, 5.74) is 5.10. The van der Waals surface area contributed by atoms with Gasteiger partial charge >= 0.3 is 6.61 Å². The summed E-state index contributed by atoms with van der Waals surface area (Å²) in [5.74, 6) is 1.43. The molecule has 0 spiro atoms. The zero-order valence-corrected chi connectivity index (χ0v) is 15.0. The summed E-state index contributed by atoms with van der Waals surface area (Å²) in [6, 6.07) is 5.48. The molecule has 0 heterocycles. The number of benzene rings is 1. The van der Waals surface area contributed by atoms with Crippen LogP contribution in [0.15, 0.2) is 24.3 Å². The van der Waals surface area contributed by atoms with Crippen molar-refractivity contribution >= 4 is 11.8 Å². The summed E-state index contributed by atoms with van der Waals surface area (Å²) < 4.78 is 28.9. The number of nitrogens with one attached hydrogen (secondary N) is 2. The highest BCUT2D eigenvalue weighted by atomic mass is 19.3. The van der Waals surface area contributed by atoms with Crippen molar-refractivity contribution in [3.05, 3.63) is 29.8 Å². The summed E-state index contributed by atoms with van der Waals surface area (Å²) >= 11 is 0. The van der Waals surface area contributed by atoms with Gasteiger partial charge in [-0.3, -0.25) is 20.4 Å². The first kappa shape index (κ1) is 18.2. The number of carbonyl (C=O) groups excluding carboxylic acids is 2. The average molecular weight is 378 g/mol. The number of alkyl halides is 2. The number of carbonyl (C=O) groups is 2. The molecule has 2 N–H and O–H groups in total. The Hall–Kier alpha value is -2.18. The van der Waals surface area contributed by atoms with Crippen LogP contribution in [-0.2, 0) is 4.79 Å². The molecule has 4 aliphatic rings. The van der Waals surface area contributed by atoms with E-state index in [4.69, 9.17) is 0 Å². The van der Waals surface area contributed by atoms with E-state index >= 15 is 0 Å². The third kappa shape index (κ3) is 4.06. The van der Waals surface area contributed by atoms with Crippen molar-refractivity contribution in [1.82, 2.24) is 10.9 Å². The summed E-state index contributed by atoms with van der Waals surface area (Å²) in [4.78, 5) is 24.6. The van der Waals surface area contributed by atoms with Crippen LogP contribution in [0.25, 0.3) is 0 Å². The molecule has 2 amide bonds. The lowest BCUT2D eigenvalue weighted by atomic mass is 9.49. The second-order valence-corrected chi connectivity index (χ2v) is 8.50. The quantitative estimate of drug-likeness (QED) is 0.769. The Bertz CT molecular complexity index is 702. The average Bonchev–Trinajstić information content (AvgIpc) is 2.57. The van der Waals surface area contributed by atoms with E-state index in [-0.39, 0.29) is 22.6 Å². The van der Waals surface area contributed by atoms with Gasteiger partial charge in [-0.15, -0.1) is 0 Å². The molecule has 4 aliphatic carbocycles. The Balaban J connectivity index is 1.31. The largest absolute Gasteiger partial charge is 0.435 e. The van der Waals surface area contributed by atoms with Crippen LogP contribution >= 0.6 is 0 Å². The Morgan fingerprint density at radius 1 is 1.07 bits per heavy atom. The Morgan fingerprint density at radius 3 is 2.30 bits per heavy atom. The molecule has 4 saturated carbocycles. The van der Waals surface area contributed by atoms with E-state index in [2.05, 4.69) is 15.6 Å². The van der Waals surface area contributed by atoms with E-state index < -0.39 is 12.5 Å². The van der Waals surface area contributed by atoms with E-state index in [1.165, 1.54) is 43.5 Å². The van der Waals surface area contributed by atoms with Gasteiger partial charge in [0, 0.05) is 12.0 Å². The maximum atomic E-state index is 12.4. The molecule has 27 heavy (non-hydrogen) atoms. The van der Waals surface area contributed by atoms with Crippen LogP contribution in [0, 0.1) is 23.2 Å². The second-order valence-electron chi connectivity index (χ2n) is 8.50. The molecule has 0 saturated heterocycles. The fourth-order valence-corrected chi connectivity index (χ4v) is 5.90. The molecule has 4 fully saturated rings. The second kappa shape index (κ2) is 7.09. The Kier molecular flexibility index (Phi) is 4.78. The number of ether oxygens (including phenoxy) is 1. The molecule has 1 aromatic rings. The predicted octanol–water partition coefficient (Wildman–Crippen LogP) is 3.66.